The Kier molecular flexibility index (Phi) is 1.34. The van der Waals surface area contributed by atoms with E-state index in [1.165, 1.54) is 0 Å². The van der Waals surface area contributed by atoms with E-state index < -0.39 is 4.85 Å². The van der Waals surface area contributed by atoms with Crippen molar-refractivity contribution in [2.24, 2.45) is 0 Å². The van der Waals surface area contributed by atoms with Crippen molar-refractivity contribution in [3.05, 3.63) is 0 Å². The molecule has 0 unspecified atom stereocenters. The van der Waals surface area contributed by atoms with E-state index in [0.717, 1.165) is 0 Å². The van der Waals surface area contributed by atoms with Crippen molar-refractivity contribution in [1.82, 2.24) is 0 Å². The van der Waals surface area contributed by atoms with Crippen LogP contribution in [-0.2, 0) is 0 Å². The molecule has 0 aromatic heterocycles. The second-order valence-corrected chi connectivity index (χ2v) is 3.52. The highest BCUT2D eigenvalue weighted by Gasteiger charge is 1.99. The summed E-state index contributed by atoms with van der Waals surface area (Å²) in [7, 11) is 5.78. The molecule has 0 saturated carbocycles. The van der Waals surface area contributed by atoms with Gasteiger partial charge in [-0.3, -0.25) is 0 Å². The van der Waals surface area contributed by atoms with Gasteiger partial charge in [-0.1, -0.05) is 0 Å². The first-order valence-electron chi connectivity index (χ1n) is 1.22. The van der Waals surface area contributed by atoms with E-state index in [4.69, 9.17) is 5.11 Å². The molecule has 0 aliphatic heterocycles. The van der Waals surface area contributed by atoms with Gasteiger partial charge >= 0.3 is 0 Å². The van der Waals surface area contributed by atoms with Gasteiger partial charge in [0.15, 0.2) is 0 Å². The molecule has 0 aromatic carbocycles. The minimum Gasteiger partial charge on any atom is -0.399 e. The van der Waals surface area contributed by atoms with Crippen LogP contribution in [0.3, 0.4) is 0 Å². The average molecular weight is 100 g/mol. The molecule has 0 aliphatic rings. The van der Waals surface area contributed by atoms with Crippen LogP contribution in [0.15, 0.2) is 0 Å². The molecule has 0 amide bonds. The Hall–Kier alpha value is 0.394. The maximum atomic E-state index is 8.35. The molecule has 0 spiro atoms. The molecule has 1 nitrogen and oxygen atoms in total. The van der Waals surface area contributed by atoms with Gasteiger partial charge in [-0.15, -0.1) is 0 Å². The van der Waals surface area contributed by atoms with Crippen molar-refractivity contribution >= 4 is 20.5 Å². The van der Waals surface area contributed by atoms with Crippen LogP contribution in [0.4, 0.5) is 0 Å². The second kappa shape index (κ2) is 1.24. The van der Waals surface area contributed by atoms with E-state index in [1.54, 1.807) is 6.92 Å². The summed E-state index contributed by atoms with van der Waals surface area (Å²) in [5.74, 6) is 0. The van der Waals surface area contributed by atoms with Crippen molar-refractivity contribution in [2.45, 2.75) is 11.8 Å². The van der Waals surface area contributed by atoms with Crippen molar-refractivity contribution < 1.29 is 5.11 Å². The van der Waals surface area contributed by atoms with Crippen LogP contribution >= 0.6 is 0 Å². The van der Waals surface area contributed by atoms with Crippen LogP contribution in [-0.4, -0.2) is 30.4 Å². The molecular weight excluding hydrogens is 96.2 g/mol. The fourth-order valence-electron chi connectivity index (χ4n) is 0. The molecule has 1 N–H and O–H groups in total. The summed E-state index contributed by atoms with van der Waals surface area (Å²) in [5.41, 5.74) is 0. The summed E-state index contributed by atoms with van der Waals surface area (Å²) >= 11 is 0. The molecule has 5 heavy (non-hydrogen) atoms. The Labute approximate surface area is 38.2 Å². The van der Waals surface area contributed by atoms with E-state index in [9.17, 15) is 0 Å². The van der Waals surface area contributed by atoms with Crippen molar-refractivity contribution in [2.75, 3.05) is 0 Å². The largest absolute Gasteiger partial charge is 0.399 e. The van der Waals surface area contributed by atoms with Crippen LogP contribution in [0.2, 0.25) is 0 Å². The van der Waals surface area contributed by atoms with Crippen LogP contribution in [0, 0.1) is 0 Å². The summed E-state index contributed by atoms with van der Waals surface area (Å²) in [6.07, 6.45) is 0. The van der Waals surface area contributed by atoms with Gasteiger partial charge in [-0.2, -0.15) is 0 Å². The summed E-state index contributed by atoms with van der Waals surface area (Å²) in [4.78, 5) is -0.889. The summed E-state index contributed by atoms with van der Waals surface area (Å²) in [6.45, 7) is 1.57. The second-order valence-electron chi connectivity index (χ2n) is 1.07. The Balaban J connectivity index is 3.02. The lowest BCUT2D eigenvalue weighted by molar-refractivity contribution is 0.234. The molecular formula is C2H4OSi2. The SMILES string of the molecule is CC(O)([Si])[Si]. The molecule has 3 heteroatoms. The minimum absolute atomic E-state index is 0.889. The maximum absolute atomic E-state index is 8.35. The third-order valence-corrected chi connectivity index (χ3v) is 0. The molecule has 0 aromatic rings. The molecule has 0 fully saturated rings. The van der Waals surface area contributed by atoms with Crippen molar-refractivity contribution in [3.8, 4) is 0 Å². The van der Waals surface area contributed by atoms with Gasteiger partial charge in [0.2, 0.25) is 0 Å². The van der Waals surface area contributed by atoms with Crippen LogP contribution in [0.25, 0.3) is 0 Å². The number of aliphatic hydroxyl groups is 1. The standard InChI is InChI=1S/C2H4OSi2/c1-2(3,4)5/h3H,1H3. The molecule has 26 valence electrons. The highest BCUT2D eigenvalue weighted by molar-refractivity contribution is 6.38. The molecule has 0 bridgehead atoms. The monoisotopic (exact) mass is 100.0 g/mol. The summed E-state index contributed by atoms with van der Waals surface area (Å²) < 4.78 is 0. The van der Waals surface area contributed by atoms with Gasteiger partial charge in [0, 0.05) is 4.85 Å². The predicted molar refractivity (Wildman–Crippen MR) is 22.1 cm³/mol. The molecule has 0 heterocycles. The van der Waals surface area contributed by atoms with Crippen LogP contribution < -0.4 is 0 Å². The number of hydrogen-bond acceptors (Lipinski definition) is 1. The average Bonchev–Trinajstić information content (AvgIpc) is 0.722. The zero-order valence-electron chi connectivity index (χ0n) is 2.95. The van der Waals surface area contributed by atoms with E-state index in [0.29, 0.717) is 0 Å². The Bertz CT molecular complexity index is 23.1. The first-order valence-corrected chi connectivity index (χ1v) is 2.22. The van der Waals surface area contributed by atoms with Gasteiger partial charge in [-0.05, 0) is 6.92 Å². The number of hydrogen-bond donors (Lipinski definition) is 1. The lowest BCUT2D eigenvalue weighted by atomic mass is 10.8. The van der Waals surface area contributed by atoms with Gasteiger partial charge in [0.25, 0.3) is 0 Å². The van der Waals surface area contributed by atoms with Gasteiger partial charge in [0.1, 0.15) is 0 Å². The predicted octanol–water partition coefficient (Wildman–Crippen LogP) is -1.01. The van der Waals surface area contributed by atoms with Crippen molar-refractivity contribution in [3.63, 3.8) is 0 Å². The Morgan fingerprint density at radius 3 is 1.60 bits per heavy atom. The highest BCUT2D eigenvalue weighted by Crippen LogP contribution is 1.80. The van der Waals surface area contributed by atoms with Crippen LogP contribution in [0.5, 0.6) is 0 Å². The molecule has 0 atom stereocenters. The fraction of sp³-hybridized carbons (Fsp3) is 1.00. The van der Waals surface area contributed by atoms with Gasteiger partial charge in [0.05, 0.1) is 20.5 Å². The Morgan fingerprint density at radius 2 is 1.60 bits per heavy atom. The summed E-state index contributed by atoms with van der Waals surface area (Å²) in [6, 6.07) is 0. The first kappa shape index (κ1) is 5.39. The molecule has 0 saturated heterocycles. The Morgan fingerprint density at radius 1 is 1.60 bits per heavy atom. The van der Waals surface area contributed by atoms with E-state index in [1.807, 2.05) is 0 Å². The highest BCUT2D eigenvalue weighted by atomic mass is 28.2. The van der Waals surface area contributed by atoms with Gasteiger partial charge < -0.3 is 5.11 Å². The lowest BCUT2D eigenvalue weighted by Crippen LogP contribution is -2.23. The minimum atomic E-state index is -0.889. The van der Waals surface area contributed by atoms with Crippen molar-refractivity contribution in [1.29, 1.82) is 0 Å². The molecule has 6 radical (unpaired) electrons. The van der Waals surface area contributed by atoms with E-state index in [-0.39, 0.29) is 0 Å². The van der Waals surface area contributed by atoms with Gasteiger partial charge in [-0.25, -0.2) is 0 Å². The third kappa shape index (κ3) is 162. The lowest BCUT2D eigenvalue weighted by Gasteiger charge is -2.03. The molecule has 0 aliphatic carbocycles. The zero-order valence-corrected chi connectivity index (χ0v) is 4.95. The van der Waals surface area contributed by atoms with Crippen LogP contribution in [0.1, 0.15) is 6.92 Å². The smallest absolute Gasteiger partial charge is 0.0635 e. The fourth-order valence-corrected chi connectivity index (χ4v) is 0. The third-order valence-electron chi connectivity index (χ3n) is 0. The number of rotatable bonds is 0. The maximum Gasteiger partial charge on any atom is 0.0635 e. The quantitative estimate of drug-likeness (QED) is 0.387. The first-order chi connectivity index (χ1) is 2.00. The summed E-state index contributed by atoms with van der Waals surface area (Å²) in [5, 5.41) is 8.35. The normalized spacial score (nSPS) is 12.0. The zero-order chi connectivity index (χ0) is 4.50. The van der Waals surface area contributed by atoms with E-state index in [2.05, 4.69) is 20.5 Å². The molecule has 0 rings (SSSR count). The van der Waals surface area contributed by atoms with E-state index >= 15 is 0 Å². The topological polar surface area (TPSA) is 20.2 Å².